The highest BCUT2D eigenvalue weighted by atomic mass is 19.1. The molecule has 0 radical (unpaired) electrons. The van der Waals surface area contributed by atoms with Crippen LogP contribution < -0.4 is 10.2 Å². The molecule has 0 spiro atoms. The molecule has 4 nitrogen and oxygen atoms in total. The van der Waals surface area contributed by atoms with E-state index in [9.17, 15) is 9.18 Å². The molecule has 2 aromatic carbocycles. The number of halogens is 1. The number of anilines is 3. The van der Waals surface area contributed by atoms with Crippen LogP contribution in [-0.2, 0) is 6.42 Å². The zero-order chi connectivity index (χ0) is 17.9. The van der Waals surface area contributed by atoms with E-state index < -0.39 is 0 Å². The van der Waals surface area contributed by atoms with Gasteiger partial charge < -0.3 is 10.2 Å². The van der Waals surface area contributed by atoms with Crippen LogP contribution in [0.4, 0.5) is 21.5 Å². The lowest BCUT2D eigenvalue weighted by Crippen LogP contribution is -2.35. The van der Waals surface area contributed by atoms with Gasteiger partial charge in [0.2, 0.25) is 0 Å². The average molecular weight is 347 g/mol. The number of para-hydroxylation sites is 2. The number of hydrogen-bond acceptors (Lipinski definition) is 3. The van der Waals surface area contributed by atoms with E-state index >= 15 is 0 Å². The third-order valence-electron chi connectivity index (χ3n) is 4.49. The molecule has 1 aliphatic heterocycles. The molecule has 1 aliphatic rings. The molecular formula is C21H18FN3O. The largest absolute Gasteiger partial charge is 0.352 e. The van der Waals surface area contributed by atoms with Gasteiger partial charge in [-0.25, -0.2) is 9.37 Å². The number of carbonyl (C=O) groups is 1. The van der Waals surface area contributed by atoms with E-state index in [1.165, 1.54) is 11.6 Å². The Hall–Kier alpha value is -3.21. The maximum absolute atomic E-state index is 13.7. The first-order valence-electron chi connectivity index (χ1n) is 8.60. The van der Waals surface area contributed by atoms with Crippen LogP contribution >= 0.6 is 0 Å². The van der Waals surface area contributed by atoms with Gasteiger partial charge in [-0.05, 0) is 48.7 Å². The van der Waals surface area contributed by atoms with Gasteiger partial charge >= 0.3 is 0 Å². The Kier molecular flexibility index (Phi) is 4.35. The van der Waals surface area contributed by atoms with E-state index in [0.717, 1.165) is 18.5 Å². The van der Waals surface area contributed by atoms with Crippen LogP contribution in [0.5, 0.6) is 0 Å². The van der Waals surface area contributed by atoms with E-state index in [1.807, 2.05) is 18.2 Å². The van der Waals surface area contributed by atoms with Crippen molar-refractivity contribution in [2.75, 3.05) is 16.8 Å². The van der Waals surface area contributed by atoms with Crippen molar-refractivity contribution in [1.29, 1.82) is 0 Å². The van der Waals surface area contributed by atoms with Crippen molar-refractivity contribution < 1.29 is 9.18 Å². The number of hydrogen-bond donors (Lipinski definition) is 1. The molecule has 0 saturated heterocycles. The number of benzene rings is 2. The van der Waals surface area contributed by atoms with Gasteiger partial charge in [0.15, 0.2) is 0 Å². The fourth-order valence-electron chi connectivity index (χ4n) is 3.20. The minimum atomic E-state index is -0.336. The zero-order valence-corrected chi connectivity index (χ0v) is 14.2. The standard InChI is InChI=1S/C21H18FN3O/c22-17-8-2-3-9-18(17)24-16-11-12-19(23-14-16)21(26)25-13-5-7-15-6-1-4-10-20(15)25/h1-4,6,8-12,14,24H,5,7,13H2. The van der Waals surface area contributed by atoms with Crippen LogP contribution in [0.15, 0.2) is 66.9 Å². The molecule has 1 aromatic heterocycles. The maximum atomic E-state index is 13.7. The monoisotopic (exact) mass is 347 g/mol. The maximum Gasteiger partial charge on any atom is 0.276 e. The van der Waals surface area contributed by atoms with Crippen molar-refractivity contribution in [2.24, 2.45) is 0 Å². The Morgan fingerprint density at radius 3 is 2.65 bits per heavy atom. The predicted molar refractivity (Wildman–Crippen MR) is 100 cm³/mol. The highest BCUT2D eigenvalue weighted by molar-refractivity contribution is 6.05. The van der Waals surface area contributed by atoms with Gasteiger partial charge in [-0.15, -0.1) is 0 Å². The van der Waals surface area contributed by atoms with Gasteiger partial charge in [-0.3, -0.25) is 4.79 Å². The molecule has 1 amide bonds. The van der Waals surface area contributed by atoms with Crippen LogP contribution in [0.3, 0.4) is 0 Å². The summed E-state index contributed by atoms with van der Waals surface area (Å²) in [4.78, 5) is 18.9. The quantitative estimate of drug-likeness (QED) is 0.755. The Morgan fingerprint density at radius 2 is 1.85 bits per heavy atom. The number of pyridine rings is 1. The second-order valence-electron chi connectivity index (χ2n) is 6.23. The van der Waals surface area contributed by atoms with Gasteiger partial charge in [-0.1, -0.05) is 30.3 Å². The summed E-state index contributed by atoms with van der Waals surface area (Å²) in [5, 5.41) is 2.97. The fraction of sp³-hybridized carbons (Fsp3) is 0.143. The third kappa shape index (κ3) is 3.16. The third-order valence-corrected chi connectivity index (χ3v) is 4.49. The van der Waals surface area contributed by atoms with Crippen LogP contribution in [0.2, 0.25) is 0 Å². The molecule has 3 aromatic rings. The molecule has 0 saturated carbocycles. The Bertz CT molecular complexity index is 940. The van der Waals surface area contributed by atoms with E-state index in [4.69, 9.17) is 0 Å². The lowest BCUT2D eigenvalue weighted by atomic mass is 10.0. The molecule has 4 rings (SSSR count). The predicted octanol–water partition coefficient (Wildman–Crippen LogP) is 4.56. The SMILES string of the molecule is O=C(c1ccc(Nc2ccccc2F)cn1)N1CCCc2ccccc21. The molecule has 0 atom stereocenters. The molecule has 2 heterocycles. The van der Waals surface area contributed by atoms with Crippen molar-refractivity contribution in [3.8, 4) is 0 Å². The summed E-state index contributed by atoms with van der Waals surface area (Å²) in [5.74, 6) is -0.452. The Labute approximate surface area is 151 Å². The number of fused-ring (bicyclic) bond motifs is 1. The van der Waals surface area contributed by atoms with Gasteiger partial charge in [0.05, 0.1) is 17.6 Å². The molecule has 0 bridgehead atoms. The summed E-state index contributed by atoms with van der Waals surface area (Å²) in [6.45, 7) is 0.687. The first kappa shape index (κ1) is 16.3. The molecule has 0 unspecified atom stereocenters. The van der Waals surface area contributed by atoms with E-state index in [-0.39, 0.29) is 11.7 Å². The van der Waals surface area contributed by atoms with Gasteiger partial charge in [-0.2, -0.15) is 0 Å². The van der Waals surface area contributed by atoms with Crippen molar-refractivity contribution >= 4 is 23.0 Å². The first-order chi connectivity index (χ1) is 12.7. The number of aromatic nitrogens is 1. The summed E-state index contributed by atoms with van der Waals surface area (Å²) in [6, 6.07) is 17.8. The van der Waals surface area contributed by atoms with Crippen molar-refractivity contribution in [1.82, 2.24) is 4.98 Å². The van der Waals surface area contributed by atoms with Crippen molar-refractivity contribution in [3.63, 3.8) is 0 Å². The Morgan fingerprint density at radius 1 is 1.04 bits per heavy atom. The van der Waals surface area contributed by atoms with Gasteiger partial charge in [0, 0.05) is 12.2 Å². The molecule has 0 aliphatic carbocycles. The number of carbonyl (C=O) groups excluding carboxylic acids is 1. The second kappa shape index (κ2) is 6.96. The van der Waals surface area contributed by atoms with Crippen LogP contribution in [0.1, 0.15) is 22.5 Å². The molecule has 0 fully saturated rings. The van der Waals surface area contributed by atoms with Crippen LogP contribution in [0.25, 0.3) is 0 Å². The molecule has 1 N–H and O–H groups in total. The fourth-order valence-corrected chi connectivity index (χ4v) is 3.20. The summed E-state index contributed by atoms with van der Waals surface area (Å²) in [6.07, 6.45) is 3.48. The smallest absolute Gasteiger partial charge is 0.276 e. The van der Waals surface area contributed by atoms with E-state index in [1.54, 1.807) is 41.4 Å². The summed E-state index contributed by atoms with van der Waals surface area (Å²) < 4.78 is 13.7. The van der Waals surface area contributed by atoms with Crippen LogP contribution in [-0.4, -0.2) is 17.4 Å². The second-order valence-corrected chi connectivity index (χ2v) is 6.23. The molecule has 26 heavy (non-hydrogen) atoms. The summed E-state index contributed by atoms with van der Waals surface area (Å²) in [5.41, 5.74) is 3.52. The topological polar surface area (TPSA) is 45.2 Å². The average Bonchev–Trinajstić information content (AvgIpc) is 2.69. The van der Waals surface area contributed by atoms with Crippen molar-refractivity contribution in [2.45, 2.75) is 12.8 Å². The van der Waals surface area contributed by atoms with E-state index in [0.29, 0.717) is 23.6 Å². The highest BCUT2D eigenvalue weighted by Gasteiger charge is 2.23. The molecule has 130 valence electrons. The number of nitrogens with one attached hydrogen (secondary N) is 1. The minimum Gasteiger partial charge on any atom is -0.352 e. The number of nitrogens with zero attached hydrogens (tertiary/aromatic N) is 2. The number of aryl methyl sites for hydroxylation is 1. The summed E-state index contributed by atoms with van der Waals surface area (Å²) >= 11 is 0. The van der Waals surface area contributed by atoms with Gasteiger partial charge in [0.25, 0.3) is 5.91 Å². The highest BCUT2D eigenvalue weighted by Crippen LogP contribution is 2.28. The first-order valence-corrected chi connectivity index (χ1v) is 8.60. The van der Waals surface area contributed by atoms with E-state index in [2.05, 4.69) is 16.4 Å². The number of amides is 1. The zero-order valence-electron chi connectivity index (χ0n) is 14.2. The lowest BCUT2D eigenvalue weighted by molar-refractivity contribution is 0.0980. The molecular weight excluding hydrogens is 329 g/mol. The lowest BCUT2D eigenvalue weighted by Gasteiger charge is -2.29. The van der Waals surface area contributed by atoms with Crippen LogP contribution in [0, 0.1) is 5.82 Å². The van der Waals surface area contributed by atoms with Crippen molar-refractivity contribution in [3.05, 3.63) is 83.9 Å². The normalized spacial score (nSPS) is 13.2. The summed E-state index contributed by atoms with van der Waals surface area (Å²) in [7, 11) is 0. The Balaban J connectivity index is 1.54. The minimum absolute atomic E-state index is 0.116. The number of rotatable bonds is 3. The molecule has 5 heteroatoms. The van der Waals surface area contributed by atoms with Gasteiger partial charge in [0.1, 0.15) is 11.5 Å².